The molecule has 27 heavy (non-hydrogen) atoms. The third-order valence-corrected chi connectivity index (χ3v) is 4.14. The molecule has 6 nitrogen and oxygen atoms in total. The second kappa shape index (κ2) is 8.68. The minimum atomic E-state index is -0.611. The van der Waals surface area contributed by atoms with E-state index in [2.05, 4.69) is 15.8 Å². The molecule has 0 unspecified atom stereocenters. The number of carbonyl (C=O) groups is 2. The summed E-state index contributed by atoms with van der Waals surface area (Å²) in [6.07, 6.45) is 0.0224. The lowest BCUT2D eigenvalue weighted by Crippen LogP contribution is -2.22. The van der Waals surface area contributed by atoms with Crippen LogP contribution in [-0.2, 0) is 4.79 Å². The van der Waals surface area contributed by atoms with Gasteiger partial charge in [-0.2, -0.15) is 5.10 Å². The Balaban J connectivity index is 2.00. The molecule has 0 aliphatic carbocycles. The number of phenols is 1. The summed E-state index contributed by atoms with van der Waals surface area (Å²) in [4.78, 5) is 24.3. The highest BCUT2D eigenvalue weighted by Crippen LogP contribution is 2.22. The maximum Gasteiger partial charge on any atom is 0.275 e. The first-order valence-electron chi connectivity index (χ1n) is 8.37. The van der Waals surface area contributed by atoms with Gasteiger partial charge in [0.15, 0.2) is 0 Å². The maximum absolute atomic E-state index is 12.3. The predicted octanol–water partition coefficient (Wildman–Crippen LogP) is 4.11. The van der Waals surface area contributed by atoms with Crippen LogP contribution in [0.4, 0.5) is 5.69 Å². The molecule has 0 heterocycles. The van der Waals surface area contributed by atoms with E-state index in [-0.39, 0.29) is 23.6 Å². The molecule has 0 radical (unpaired) electrons. The van der Waals surface area contributed by atoms with Gasteiger partial charge in [0.1, 0.15) is 5.75 Å². The Hall–Kier alpha value is -2.86. The van der Waals surface area contributed by atoms with Crippen molar-refractivity contribution in [3.05, 3.63) is 57.6 Å². The zero-order valence-electron chi connectivity index (χ0n) is 15.7. The van der Waals surface area contributed by atoms with Gasteiger partial charge < -0.3 is 10.4 Å². The first kappa shape index (κ1) is 20.5. The average molecular weight is 388 g/mol. The molecule has 0 saturated carbocycles. The van der Waals surface area contributed by atoms with Crippen molar-refractivity contribution in [1.82, 2.24) is 5.43 Å². The monoisotopic (exact) mass is 387 g/mol. The van der Waals surface area contributed by atoms with Crippen LogP contribution in [0.5, 0.6) is 5.75 Å². The number of halogens is 1. The summed E-state index contributed by atoms with van der Waals surface area (Å²) in [5.74, 6) is -1.04. The van der Waals surface area contributed by atoms with E-state index in [1.165, 1.54) is 18.2 Å². The number of phenolic OH excluding ortho intramolecular Hbond substituents is 1. The largest absolute Gasteiger partial charge is 0.507 e. The number of hydrogen-bond donors (Lipinski definition) is 3. The molecular formula is C20H22ClN3O3. The number of anilines is 1. The van der Waals surface area contributed by atoms with Gasteiger partial charge in [0.05, 0.1) is 12.0 Å². The molecule has 2 rings (SSSR count). The molecule has 0 bridgehead atoms. The van der Waals surface area contributed by atoms with Crippen molar-refractivity contribution in [2.45, 2.75) is 34.1 Å². The Morgan fingerprint density at radius 3 is 2.37 bits per heavy atom. The summed E-state index contributed by atoms with van der Waals surface area (Å²) in [5, 5.41) is 16.8. The van der Waals surface area contributed by atoms with E-state index in [1.807, 2.05) is 32.9 Å². The summed E-state index contributed by atoms with van der Waals surface area (Å²) < 4.78 is 0. The zero-order valence-corrected chi connectivity index (χ0v) is 16.4. The van der Waals surface area contributed by atoms with Crippen LogP contribution in [0.15, 0.2) is 35.4 Å². The lowest BCUT2D eigenvalue weighted by molar-refractivity contribution is -0.115. The maximum atomic E-state index is 12.3. The highest BCUT2D eigenvalue weighted by atomic mass is 35.5. The van der Waals surface area contributed by atoms with Crippen molar-refractivity contribution in [2.24, 2.45) is 5.10 Å². The van der Waals surface area contributed by atoms with E-state index in [1.54, 1.807) is 6.92 Å². The molecule has 0 aliphatic rings. The van der Waals surface area contributed by atoms with Gasteiger partial charge in [0.25, 0.3) is 5.91 Å². The number of nitrogens with one attached hydrogen (secondary N) is 2. The average Bonchev–Trinajstić information content (AvgIpc) is 2.58. The summed E-state index contributed by atoms with van der Waals surface area (Å²) in [6.45, 7) is 7.51. The Labute approximate surface area is 163 Å². The number of nitrogens with zero attached hydrogens (tertiary/aromatic N) is 1. The van der Waals surface area contributed by atoms with E-state index in [0.29, 0.717) is 10.7 Å². The third kappa shape index (κ3) is 5.56. The number of aryl methyl sites for hydroxylation is 3. The molecule has 142 valence electrons. The van der Waals surface area contributed by atoms with E-state index in [4.69, 9.17) is 11.6 Å². The van der Waals surface area contributed by atoms with Gasteiger partial charge >= 0.3 is 0 Å². The molecule has 0 aromatic heterocycles. The second-order valence-electron chi connectivity index (χ2n) is 6.45. The van der Waals surface area contributed by atoms with E-state index in [9.17, 15) is 14.7 Å². The standard InChI is InChI=1S/C20H22ClN3O3/c1-11-7-12(2)19(13(3)8-11)22-18(26)9-14(4)23-24-20(27)16-10-15(21)5-6-17(16)25/h5-8,10,25H,9H2,1-4H3,(H,22,26)(H,24,27). The van der Waals surface area contributed by atoms with Gasteiger partial charge in [-0.15, -0.1) is 0 Å². The molecule has 7 heteroatoms. The van der Waals surface area contributed by atoms with Gasteiger partial charge in [0.2, 0.25) is 5.91 Å². The Bertz CT molecular complexity index is 900. The fourth-order valence-corrected chi connectivity index (χ4v) is 2.90. The molecule has 0 saturated heterocycles. The second-order valence-corrected chi connectivity index (χ2v) is 6.88. The smallest absolute Gasteiger partial charge is 0.275 e. The number of aromatic hydroxyl groups is 1. The summed E-state index contributed by atoms with van der Waals surface area (Å²) in [7, 11) is 0. The lowest BCUT2D eigenvalue weighted by Gasteiger charge is -2.12. The minimum absolute atomic E-state index is 0.00871. The van der Waals surface area contributed by atoms with Crippen LogP contribution in [0.25, 0.3) is 0 Å². The normalized spacial score (nSPS) is 11.2. The molecule has 2 aromatic carbocycles. The van der Waals surface area contributed by atoms with Crippen LogP contribution in [-0.4, -0.2) is 22.6 Å². The molecule has 0 spiro atoms. The molecule has 0 atom stereocenters. The number of amides is 2. The van der Waals surface area contributed by atoms with Crippen molar-refractivity contribution in [1.29, 1.82) is 0 Å². The van der Waals surface area contributed by atoms with Crippen LogP contribution in [0.1, 0.15) is 40.4 Å². The topological polar surface area (TPSA) is 90.8 Å². The van der Waals surface area contributed by atoms with Gasteiger partial charge in [-0.3, -0.25) is 9.59 Å². The highest BCUT2D eigenvalue weighted by molar-refractivity contribution is 6.31. The van der Waals surface area contributed by atoms with Crippen molar-refractivity contribution in [3.8, 4) is 5.75 Å². The molecule has 2 amide bonds. The first-order chi connectivity index (χ1) is 12.7. The Morgan fingerprint density at radius 1 is 1.11 bits per heavy atom. The number of hydrazone groups is 1. The predicted molar refractivity (Wildman–Crippen MR) is 108 cm³/mol. The van der Waals surface area contributed by atoms with E-state index < -0.39 is 5.91 Å². The minimum Gasteiger partial charge on any atom is -0.507 e. The van der Waals surface area contributed by atoms with Crippen LogP contribution in [0.3, 0.4) is 0 Å². The fraction of sp³-hybridized carbons (Fsp3) is 0.250. The van der Waals surface area contributed by atoms with Crippen molar-refractivity contribution in [2.75, 3.05) is 5.32 Å². The lowest BCUT2D eigenvalue weighted by atomic mass is 10.0. The van der Waals surface area contributed by atoms with Gasteiger partial charge in [-0.25, -0.2) is 5.43 Å². The van der Waals surface area contributed by atoms with Crippen molar-refractivity contribution < 1.29 is 14.7 Å². The Morgan fingerprint density at radius 2 is 1.74 bits per heavy atom. The van der Waals surface area contributed by atoms with Gasteiger partial charge in [0, 0.05) is 16.4 Å². The van der Waals surface area contributed by atoms with Crippen molar-refractivity contribution >= 4 is 34.8 Å². The third-order valence-electron chi connectivity index (χ3n) is 3.91. The summed E-state index contributed by atoms with van der Waals surface area (Å²) >= 11 is 5.82. The molecular weight excluding hydrogens is 366 g/mol. The van der Waals surface area contributed by atoms with Gasteiger partial charge in [-0.1, -0.05) is 29.3 Å². The number of carbonyl (C=O) groups excluding carboxylic acids is 2. The molecule has 2 aromatic rings. The van der Waals surface area contributed by atoms with Gasteiger partial charge in [-0.05, 0) is 57.0 Å². The first-order valence-corrected chi connectivity index (χ1v) is 8.75. The molecule has 0 aliphatic heterocycles. The molecule has 0 fully saturated rings. The highest BCUT2D eigenvalue weighted by Gasteiger charge is 2.12. The van der Waals surface area contributed by atoms with Crippen LogP contribution < -0.4 is 10.7 Å². The summed E-state index contributed by atoms with van der Waals surface area (Å²) in [6, 6.07) is 8.14. The Kier molecular flexibility index (Phi) is 6.58. The van der Waals surface area contributed by atoms with E-state index in [0.717, 1.165) is 22.4 Å². The quantitative estimate of drug-likeness (QED) is 0.532. The zero-order chi connectivity index (χ0) is 20.1. The van der Waals surface area contributed by atoms with Crippen LogP contribution in [0, 0.1) is 20.8 Å². The number of benzene rings is 2. The SMILES string of the molecule is CC(CC(=O)Nc1c(C)cc(C)cc1C)=NNC(=O)c1cc(Cl)ccc1O. The van der Waals surface area contributed by atoms with Crippen LogP contribution >= 0.6 is 11.6 Å². The van der Waals surface area contributed by atoms with Crippen molar-refractivity contribution in [3.63, 3.8) is 0 Å². The van der Waals surface area contributed by atoms with Crippen LogP contribution in [0.2, 0.25) is 5.02 Å². The number of hydrogen-bond acceptors (Lipinski definition) is 4. The van der Waals surface area contributed by atoms with E-state index >= 15 is 0 Å². The number of rotatable bonds is 5. The fourth-order valence-electron chi connectivity index (χ4n) is 2.73. The molecule has 3 N–H and O–H groups in total. The summed E-state index contributed by atoms with van der Waals surface area (Å²) in [5.41, 5.74) is 6.63.